The molecule has 1 aliphatic carbocycles. The molecule has 2 amide bonds. The van der Waals surface area contributed by atoms with Gasteiger partial charge in [-0.1, -0.05) is 6.07 Å². The van der Waals surface area contributed by atoms with Crippen molar-refractivity contribution < 1.29 is 4.79 Å². The van der Waals surface area contributed by atoms with Crippen LogP contribution in [0.1, 0.15) is 29.2 Å². The van der Waals surface area contributed by atoms with Gasteiger partial charge in [0.2, 0.25) is 0 Å². The summed E-state index contributed by atoms with van der Waals surface area (Å²) in [5.41, 5.74) is 4.92. The number of anilines is 1. The molecule has 1 aliphatic heterocycles. The van der Waals surface area contributed by atoms with Gasteiger partial charge >= 0.3 is 6.03 Å². The molecule has 0 atom stereocenters. The molecule has 5 nitrogen and oxygen atoms in total. The molecule has 5 heteroatoms. The third-order valence-electron chi connectivity index (χ3n) is 4.80. The van der Waals surface area contributed by atoms with Gasteiger partial charge in [-0.2, -0.15) is 5.10 Å². The van der Waals surface area contributed by atoms with E-state index in [4.69, 9.17) is 0 Å². The number of aromatic nitrogens is 2. The van der Waals surface area contributed by atoms with E-state index in [1.165, 1.54) is 29.7 Å². The minimum absolute atomic E-state index is 0.00337. The van der Waals surface area contributed by atoms with Crippen molar-refractivity contribution in [2.24, 2.45) is 7.05 Å². The first-order valence-corrected chi connectivity index (χ1v) is 7.86. The third kappa shape index (κ3) is 2.26. The molecule has 0 saturated carbocycles. The van der Waals surface area contributed by atoms with Crippen LogP contribution in [0, 0.1) is 0 Å². The molecule has 4 rings (SSSR count). The molecule has 0 bridgehead atoms. The lowest BCUT2D eigenvalue weighted by Gasteiger charge is -2.39. The van der Waals surface area contributed by atoms with Gasteiger partial charge in [0, 0.05) is 43.6 Å². The zero-order chi connectivity index (χ0) is 15.1. The normalized spacial score (nSPS) is 17.2. The minimum Gasteiger partial charge on any atom is -0.323 e. The molecule has 1 saturated heterocycles. The van der Waals surface area contributed by atoms with Crippen molar-refractivity contribution in [1.82, 2.24) is 14.7 Å². The lowest BCUT2D eigenvalue weighted by Crippen LogP contribution is -2.50. The fourth-order valence-electron chi connectivity index (χ4n) is 3.47. The smallest absolute Gasteiger partial charge is 0.321 e. The second-order valence-corrected chi connectivity index (χ2v) is 6.25. The van der Waals surface area contributed by atoms with Crippen LogP contribution in [0.5, 0.6) is 0 Å². The Labute approximate surface area is 129 Å². The highest BCUT2D eigenvalue weighted by molar-refractivity contribution is 5.90. The highest BCUT2D eigenvalue weighted by atomic mass is 16.2. The summed E-state index contributed by atoms with van der Waals surface area (Å²) in [5, 5.41) is 7.21. The molecule has 114 valence electrons. The van der Waals surface area contributed by atoms with Crippen molar-refractivity contribution in [1.29, 1.82) is 0 Å². The first kappa shape index (κ1) is 13.4. The van der Waals surface area contributed by atoms with E-state index >= 15 is 0 Å². The number of fused-ring (bicyclic) bond motifs is 1. The van der Waals surface area contributed by atoms with E-state index in [2.05, 4.69) is 22.5 Å². The van der Waals surface area contributed by atoms with Crippen LogP contribution in [0.3, 0.4) is 0 Å². The van der Waals surface area contributed by atoms with Gasteiger partial charge in [0.1, 0.15) is 0 Å². The zero-order valence-electron chi connectivity index (χ0n) is 12.7. The third-order valence-corrected chi connectivity index (χ3v) is 4.80. The maximum atomic E-state index is 12.3. The summed E-state index contributed by atoms with van der Waals surface area (Å²) < 4.78 is 1.89. The number of benzene rings is 1. The van der Waals surface area contributed by atoms with Crippen LogP contribution in [-0.2, 0) is 19.9 Å². The van der Waals surface area contributed by atoms with Gasteiger partial charge in [-0.25, -0.2) is 4.79 Å². The Kier molecular flexibility index (Phi) is 3.13. The first-order chi connectivity index (χ1) is 10.7. The van der Waals surface area contributed by atoms with Crippen molar-refractivity contribution in [3.8, 4) is 0 Å². The molecule has 0 spiro atoms. The van der Waals surface area contributed by atoms with Crippen LogP contribution in [0.2, 0.25) is 0 Å². The van der Waals surface area contributed by atoms with E-state index in [0.29, 0.717) is 5.92 Å². The predicted octanol–water partition coefficient (Wildman–Crippen LogP) is 2.54. The summed E-state index contributed by atoms with van der Waals surface area (Å²) in [6.45, 7) is 1.52. The van der Waals surface area contributed by atoms with Gasteiger partial charge in [-0.05, 0) is 48.6 Å². The molecular weight excluding hydrogens is 276 g/mol. The molecule has 2 heterocycles. The summed E-state index contributed by atoms with van der Waals surface area (Å²) >= 11 is 0. The summed E-state index contributed by atoms with van der Waals surface area (Å²) in [7, 11) is 1.95. The Morgan fingerprint density at radius 3 is 2.82 bits per heavy atom. The minimum atomic E-state index is -0.00337. The summed E-state index contributed by atoms with van der Waals surface area (Å²) in [4.78, 5) is 14.1. The molecule has 1 aromatic heterocycles. The maximum Gasteiger partial charge on any atom is 0.321 e. The van der Waals surface area contributed by atoms with Gasteiger partial charge in [0.25, 0.3) is 0 Å². The number of carbonyl (C=O) groups is 1. The van der Waals surface area contributed by atoms with Crippen molar-refractivity contribution in [2.75, 3.05) is 18.4 Å². The fourth-order valence-corrected chi connectivity index (χ4v) is 3.47. The topological polar surface area (TPSA) is 50.2 Å². The van der Waals surface area contributed by atoms with Crippen LogP contribution in [-0.4, -0.2) is 33.8 Å². The molecule has 2 aliphatic rings. The van der Waals surface area contributed by atoms with Crippen molar-refractivity contribution >= 4 is 11.7 Å². The Balaban J connectivity index is 1.37. The monoisotopic (exact) mass is 296 g/mol. The van der Waals surface area contributed by atoms with Crippen molar-refractivity contribution in [3.05, 3.63) is 47.3 Å². The van der Waals surface area contributed by atoms with Crippen LogP contribution in [0.25, 0.3) is 0 Å². The number of amides is 2. The first-order valence-electron chi connectivity index (χ1n) is 7.86. The average Bonchev–Trinajstić information content (AvgIpc) is 3.06. The van der Waals surface area contributed by atoms with E-state index in [9.17, 15) is 4.79 Å². The van der Waals surface area contributed by atoms with E-state index in [1.54, 1.807) is 0 Å². The highest BCUT2D eigenvalue weighted by Gasteiger charge is 2.33. The van der Waals surface area contributed by atoms with E-state index in [0.717, 1.165) is 25.2 Å². The number of carbonyl (C=O) groups excluding carboxylic acids is 1. The van der Waals surface area contributed by atoms with Crippen LogP contribution >= 0.6 is 0 Å². The number of hydrogen-bond donors (Lipinski definition) is 1. The largest absolute Gasteiger partial charge is 0.323 e. The number of rotatable bonds is 2. The van der Waals surface area contributed by atoms with Crippen molar-refractivity contribution in [3.63, 3.8) is 0 Å². The van der Waals surface area contributed by atoms with Gasteiger partial charge < -0.3 is 10.2 Å². The lowest BCUT2D eigenvalue weighted by molar-refractivity contribution is 0.161. The molecule has 0 unspecified atom stereocenters. The van der Waals surface area contributed by atoms with E-state index in [-0.39, 0.29) is 6.03 Å². The highest BCUT2D eigenvalue weighted by Crippen LogP contribution is 2.28. The maximum absolute atomic E-state index is 12.3. The quantitative estimate of drug-likeness (QED) is 0.926. The SMILES string of the molecule is Cn1nccc1C1CN(C(=O)Nc2ccc3c(c2)CCC3)C1. The average molecular weight is 296 g/mol. The molecule has 1 fully saturated rings. The van der Waals surface area contributed by atoms with Crippen LogP contribution in [0.15, 0.2) is 30.5 Å². The summed E-state index contributed by atoms with van der Waals surface area (Å²) in [6, 6.07) is 8.31. The second kappa shape index (κ2) is 5.16. The molecule has 1 aromatic carbocycles. The lowest BCUT2D eigenvalue weighted by atomic mass is 9.97. The molecular formula is C17H20N4O. The predicted molar refractivity (Wildman–Crippen MR) is 85.0 cm³/mol. The van der Waals surface area contributed by atoms with Gasteiger partial charge in [-0.15, -0.1) is 0 Å². The fraction of sp³-hybridized carbons (Fsp3) is 0.412. The summed E-state index contributed by atoms with van der Waals surface area (Å²) in [5.74, 6) is 0.401. The van der Waals surface area contributed by atoms with Crippen LogP contribution < -0.4 is 5.32 Å². The van der Waals surface area contributed by atoms with Crippen molar-refractivity contribution in [2.45, 2.75) is 25.2 Å². The number of hydrogen-bond acceptors (Lipinski definition) is 2. The number of nitrogens with zero attached hydrogens (tertiary/aromatic N) is 3. The number of nitrogens with one attached hydrogen (secondary N) is 1. The molecule has 22 heavy (non-hydrogen) atoms. The molecule has 2 aromatic rings. The van der Waals surface area contributed by atoms with E-state index < -0.39 is 0 Å². The summed E-state index contributed by atoms with van der Waals surface area (Å²) in [6.07, 6.45) is 5.33. The number of aryl methyl sites for hydroxylation is 3. The van der Waals surface area contributed by atoms with Gasteiger partial charge in [-0.3, -0.25) is 4.68 Å². The zero-order valence-corrected chi connectivity index (χ0v) is 12.7. The second-order valence-electron chi connectivity index (χ2n) is 6.25. The standard InChI is InChI=1S/C17H20N4O/c1-20-16(7-8-18-20)14-10-21(11-14)17(22)19-15-6-5-12-3-2-4-13(12)9-15/h5-9,14H,2-4,10-11H2,1H3,(H,19,22). The van der Waals surface area contributed by atoms with Gasteiger partial charge in [0.15, 0.2) is 0 Å². The Morgan fingerprint density at radius 1 is 1.23 bits per heavy atom. The molecule has 0 radical (unpaired) electrons. The molecule has 1 N–H and O–H groups in total. The van der Waals surface area contributed by atoms with Crippen LogP contribution in [0.4, 0.5) is 10.5 Å². The Morgan fingerprint density at radius 2 is 2.05 bits per heavy atom. The van der Waals surface area contributed by atoms with Gasteiger partial charge in [0.05, 0.1) is 0 Å². The number of urea groups is 1. The Hall–Kier alpha value is -2.30. The number of likely N-dealkylation sites (tertiary alicyclic amines) is 1. The van der Waals surface area contributed by atoms with E-state index in [1.807, 2.05) is 35.0 Å². The Bertz CT molecular complexity index is 715.